The fourth-order valence-corrected chi connectivity index (χ4v) is 2.28. The Bertz CT molecular complexity index is 720. The van der Waals surface area contributed by atoms with Crippen molar-refractivity contribution in [1.29, 1.82) is 0 Å². The van der Waals surface area contributed by atoms with Crippen molar-refractivity contribution in [3.8, 4) is 5.69 Å². The van der Waals surface area contributed by atoms with Crippen LogP contribution in [-0.2, 0) is 0 Å². The van der Waals surface area contributed by atoms with Crippen molar-refractivity contribution in [2.75, 3.05) is 0 Å². The molecule has 1 heterocycles. The van der Waals surface area contributed by atoms with Crippen LogP contribution in [0.3, 0.4) is 0 Å². The lowest BCUT2D eigenvalue weighted by atomic mass is 10.2. The first kappa shape index (κ1) is 13.2. The molecule has 1 aromatic heterocycles. The molecule has 0 saturated carbocycles. The highest BCUT2D eigenvalue weighted by Crippen LogP contribution is 2.08. The first-order chi connectivity index (χ1) is 9.29. The Morgan fingerprint density at radius 3 is 1.58 bits per heavy atom. The van der Waals surface area contributed by atoms with Crippen LogP contribution in [0.1, 0.15) is 13.8 Å². The number of nitrogens with zero attached hydrogens (tertiary/aromatic N) is 1. The van der Waals surface area contributed by atoms with Crippen LogP contribution in [0.25, 0.3) is 29.6 Å². The molecule has 0 aliphatic heterocycles. The van der Waals surface area contributed by atoms with Crippen LogP contribution >= 0.6 is 0 Å². The molecule has 96 valence electrons. The summed E-state index contributed by atoms with van der Waals surface area (Å²) >= 11 is 0. The van der Waals surface area contributed by atoms with Crippen LogP contribution in [-0.4, -0.2) is 4.57 Å². The lowest BCUT2D eigenvalue weighted by Crippen LogP contribution is -2.22. The third kappa shape index (κ3) is 2.19. The van der Waals surface area contributed by atoms with Crippen LogP contribution in [0.5, 0.6) is 0 Å². The molecule has 19 heavy (non-hydrogen) atoms. The first-order valence-electron chi connectivity index (χ1n) is 6.62. The largest absolute Gasteiger partial charge is 0.310 e. The van der Waals surface area contributed by atoms with E-state index >= 15 is 0 Å². The van der Waals surface area contributed by atoms with Crippen molar-refractivity contribution in [1.82, 2.24) is 4.57 Å². The number of rotatable bonds is 1. The highest BCUT2D eigenvalue weighted by molar-refractivity contribution is 5.84. The van der Waals surface area contributed by atoms with E-state index in [0.29, 0.717) is 0 Å². The number of benzene rings is 2. The molecule has 0 saturated heterocycles. The van der Waals surface area contributed by atoms with E-state index in [9.17, 15) is 0 Å². The maximum atomic E-state index is 4.17. The van der Waals surface area contributed by atoms with Crippen LogP contribution in [0, 0.1) is 0 Å². The summed E-state index contributed by atoms with van der Waals surface area (Å²) in [6, 6.07) is 18.5. The van der Waals surface area contributed by atoms with Gasteiger partial charge in [-0.2, -0.15) is 0 Å². The maximum Gasteiger partial charge on any atom is 0.0469 e. The summed E-state index contributed by atoms with van der Waals surface area (Å²) in [5.74, 6) is 0. The van der Waals surface area contributed by atoms with Gasteiger partial charge in [0.2, 0.25) is 0 Å². The molecule has 0 bridgehead atoms. The molecule has 0 amide bonds. The molecule has 2 aromatic carbocycles. The SMILES string of the molecule is C=c1c2ccccc2c(=C)n1-c1ccccc1.CC. The number of para-hydroxylation sites is 1. The average molecular weight is 249 g/mol. The normalized spacial score (nSPS) is 10.0. The third-order valence-corrected chi connectivity index (χ3v) is 3.10. The minimum Gasteiger partial charge on any atom is -0.310 e. The Morgan fingerprint density at radius 1 is 0.684 bits per heavy atom. The number of aromatic nitrogens is 1. The molecule has 0 unspecified atom stereocenters. The molecule has 0 aliphatic rings. The second-order valence-electron chi connectivity index (χ2n) is 4.11. The van der Waals surface area contributed by atoms with E-state index in [-0.39, 0.29) is 0 Å². The molecular weight excluding hydrogens is 230 g/mol. The van der Waals surface area contributed by atoms with Crippen molar-refractivity contribution >= 4 is 23.9 Å². The summed E-state index contributed by atoms with van der Waals surface area (Å²) in [5.41, 5.74) is 1.11. The molecule has 1 nitrogen and oxygen atoms in total. The van der Waals surface area contributed by atoms with Gasteiger partial charge in [-0.15, -0.1) is 0 Å². The predicted octanol–water partition coefficient (Wildman–Crippen LogP) is 3.48. The molecule has 0 spiro atoms. The molecule has 0 N–H and O–H groups in total. The quantitative estimate of drug-likeness (QED) is 0.622. The van der Waals surface area contributed by atoms with Gasteiger partial charge in [0.1, 0.15) is 0 Å². The van der Waals surface area contributed by atoms with Gasteiger partial charge in [-0.3, -0.25) is 0 Å². The average Bonchev–Trinajstić information content (AvgIpc) is 2.75. The van der Waals surface area contributed by atoms with E-state index < -0.39 is 0 Å². The number of hydrogen-bond donors (Lipinski definition) is 0. The van der Waals surface area contributed by atoms with Gasteiger partial charge in [-0.25, -0.2) is 0 Å². The molecule has 3 aromatic rings. The van der Waals surface area contributed by atoms with E-state index in [4.69, 9.17) is 0 Å². The monoisotopic (exact) mass is 249 g/mol. The summed E-state index contributed by atoms with van der Waals surface area (Å²) in [6.07, 6.45) is 0. The highest BCUT2D eigenvalue weighted by atomic mass is 15.0. The number of hydrogen-bond acceptors (Lipinski definition) is 0. The van der Waals surface area contributed by atoms with E-state index in [1.807, 2.05) is 44.2 Å². The Kier molecular flexibility index (Phi) is 3.86. The molecule has 3 rings (SSSR count). The van der Waals surface area contributed by atoms with Crippen molar-refractivity contribution in [2.45, 2.75) is 13.8 Å². The van der Waals surface area contributed by atoms with E-state index in [0.717, 1.165) is 16.4 Å². The molecule has 0 aliphatic carbocycles. The summed E-state index contributed by atoms with van der Waals surface area (Å²) < 4.78 is 2.10. The molecule has 0 radical (unpaired) electrons. The minimum absolute atomic E-state index is 0.997. The van der Waals surface area contributed by atoms with Gasteiger partial charge in [0.15, 0.2) is 0 Å². The van der Waals surface area contributed by atoms with E-state index in [1.165, 1.54) is 10.8 Å². The zero-order valence-corrected chi connectivity index (χ0v) is 11.6. The minimum atomic E-state index is 0.997. The summed E-state index contributed by atoms with van der Waals surface area (Å²) in [4.78, 5) is 0. The van der Waals surface area contributed by atoms with Crippen molar-refractivity contribution in [3.63, 3.8) is 0 Å². The zero-order chi connectivity index (χ0) is 13.8. The van der Waals surface area contributed by atoms with Gasteiger partial charge >= 0.3 is 0 Å². The van der Waals surface area contributed by atoms with Crippen LogP contribution < -0.4 is 10.7 Å². The second-order valence-corrected chi connectivity index (χ2v) is 4.11. The van der Waals surface area contributed by atoms with Gasteiger partial charge in [-0.05, 0) is 12.1 Å². The van der Waals surface area contributed by atoms with Gasteiger partial charge < -0.3 is 4.57 Å². The van der Waals surface area contributed by atoms with E-state index in [1.54, 1.807) is 0 Å². The smallest absolute Gasteiger partial charge is 0.0469 e. The maximum absolute atomic E-state index is 4.17. The molecular formula is C18H19N. The van der Waals surface area contributed by atoms with Gasteiger partial charge in [0, 0.05) is 27.2 Å². The zero-order valence-electron chi connectivity index (χ0n) is 11.6. The molecule has 0 fully saturated rings. The first-order valence-corrected chi connectivity index (χ1v) is 6.62. The topological polar surface area (TPSA) is 4.93 Å². The Labute approximate surface area is 114 Å². The second kappa shape index (κ2) is 5.57. The fourth-order valence-electron chi connectivity index (χ4n) is 2.28. The highest BCUT2D eigenvalue weighted by Gasteiger charge is 2.04. The molecule has 0 atom stereocenters. The molecule has 1 heteroatoms. The van der Waals surface area contributed by atoms with Crippen molar-refractivity contribution in [3.05, 3.63) is 65.3 Å². The van der Waals surface area contributed by atoms with Crippen LogP contribution in [0.4, 0.5) is 0 Å². The van der Waals surface area contributed by atoms with Crippen molar-refractivity contribution in [2.24, 2.45) is 0 Å². The summed E-state index contributed by atoms with van der Waals surface area (Å²) in [6.45, 7) is 12.3. The van der Waals surface area contributed by atoms with Crippen LogP contribution in [0.2, 0.25) is 0 Å². The summed E-state index contributed by atoms with van der Waals surface area (Å²) in [5, 5.41) is 4.33. The van der Waals surface area contributed by atoms with Crippen molar-refractivity contribution < 1.29 is 0 Å². The van der Waals surface area contributed by atoms with Crippen LogP contribution in [0.15, 0.2) is 54.6 Å². The summed E-state index contributed by atoms with van der Waals surface area (Å²) in [7, 11) is 0. The predicted molar refractivity (Wildman–Crippen MR) is 84.9 cm³/mol. The third-order valence-electron chi connectivity index (χ3n) is 3.10. The Balaban J connectivity index is 0.000000637. The standard InChI is InChI=1S/C16H13N.C2H6/c1-12-15-10-6-7-11-16(15)13(2)17(12)14-8-4-3-5-9-14;1-2/h3-11H,1-2H2;1-2H3. The van der Waals surface area contributed by atoms with Gasteiger partial charge in [0.25, 0.3) is 0 Å². The Morgan fingerprint density at radius 2 is 1.11 bits per heavy atom. The van der Waals surface area contributed by atoms with E-state index in [2.05, 4.69) is 42.0 Å². The Hall–Kier alpha value is -2.28. The lowest BCUT2D eigenvalue weighted by Gasteiger charge is -2.03. The lowest BCUT2D eigenvalue weighted by molar-refractivity contribution is 1.01. The fraction of sp³-hybridized carbons (Fsp3) is 0.111. The number of fused-ring (bicyclic) bond motifs is 1. The van der Waals surface area contributed by atoms with Gasteiger partial charge in [-0.1, -0.05) is 69.5 Å². The van der Waals surface area contributed by atoms with Gasteiger partial charge in [0.05, 0.1) is 0 Å².